The number of phosphoric ester groups is 2. The molecule has 0 spiro atoms. The minimum absolute atomic E-state index is 0.106. The first-order valence-electron chi connectivity index (χ1n) is 42.7. The molecule has 0 aromatic carbocycles. The number of esters is 4. The molecule has 0 saturated heterocycles. The normalized spacial score (nSPS) is 14.0. The van der Waals surface area contributed by atoms with E-state index in [0.29, 0.717) is 25.7 Å². The number of unbranched alkanes of at least 4 members (excludes halogenated alkanes) is 46. The number of aliphatic hydroxyl groups excluding tert-OH is 1. The molecule has 3 N–H and O–H groups in total. The third-order valence-electron chi connectivity index (χ3n) is 19.3. The van der Waals surface area contributed by atoms with Crippen LogP contribution in [0.5, 0.6) is 0 Å². The van der Waals surface area contributed by atoms with Crippen LogP contribution in [0.2, 0.25) is 0 Å². The van der Waals surface area contributed by atoms with Crippen LogP contribution in [0, 0.1) is 23.7 Å². The molecule has 0 bridgehead atoms. The molecule has 0 aliphatic rings. The summed E-state index contributed by atoms with van der Waals surface area (Å²) in [5, 5.41) is 10.7. The lowest BCUT2D eigenvalue weighted by Gasteiger charge is -2.21. The van der Waals surface area contributed by atoms with E-state index >= 15 is 0 Å². The summed E-state index contributed by atoms with van der Waals surface area (Å²) in [5.41, 5.74) is 0. The number of hydrogen-bond acceptors (Lipinski definition) is 15. The van der Waals surface area contributed by atoms with Crippen LogP contribution in [0.15, 0.2) is 0 Å². The maximum atomic E-state index is 13.1. The third-order valence-corrected chi connectivity index (χ3v) is 21.2. The molecule has 0 fully saturated rings. The van der Waals surface area contributed by atoms with Crippen LogP contribution in [0.1, 0.15) is 428 Å². The quantitative estimate of drug-likeness (QED) is 0.0222. The van der Waals surface area contributed by atoms with Crippen LogP contribution in [-0.4, -0.2) is 96.7 Å². The molecular formula is C83H162O17P2. The second-order valence-corrected chi connectivity index (χ2v) is 34.7. The van der Waals surface area contributed by atoms with Gasteiger partial charge in [0.15, 0.2) is 12.2 Å². The fourth-order valence-electron chi connectivity index (χ4n) is 12.8. The summed E-state index contributed by atoms with van der Waals surface area (Å²) in [7, 11) is -9.93. The van der Waals surface area contributed by atoms with Crippen LogP contribution in [0.4, 0.5) is 0 Å². The van der Waals surface area contributed by atoms with Crippen molar-refractivity contribution in [2.45, 2.75) is 446 Å². The highest BCUT2D eigenvalue weighted by atomic mass is 31.2. The van der Waals surface area contributed by atoms with Gasteiger partial charge in [0.1, 0.15) is 19.3 Å². The number of aliphatic hydroxyl groups is 1. The largest absolute Gasteiger partial charge is 0.472 e. The summed E-state index contributed by atoms with van der Waals surface area (Å²) in [6.07, 6.45) is 59.7. The van der Waals surface area contributed by atoms with Crippen molar-refractivity contribution in [2.75, 3.05) is 39.6 Å². The van der Waals surface area contributed by atoms with Gasteiger partial charge >= 0.3 is 39.5 Å². The molecule has 606 valence electrons. The molecule has 19 heteroatoms. The van der Waals surface area contributed by atoms with Crippen molar-refractivity contribution in [1.29, 1.82) is 0 Å². The Morgan fingerprint density at radius 3 is 0.608 bits per heavy atom. The molecule has 2 unspecified atom stereocenters. The highest BCUT2D eigenvalue weighted by molar-refractivity contribution is 7.47. The average Bonchev–Trinajstić information content (AvgIpc) is 0.950. The van der Waals surface area contributed by atoms with E-state index in [9.17, 15) is 43.2 Å². The van der Waals surface area contributed by atoms with E-state index < -0.39 is 97.5 Å². The van der Waals surface area contributed by atoms with Gasteiger partial charge < -0.3 is 33.8 Å². The van der Waals surface area contributed by atoms with Gasteiger partial charge in [-0.25, -0.2) is 9.13 Å². The Hall–Kier alpha value is -1.94. The molecule has 0 rings (SSSR count). The van der Waals surface area contributed by atoms with E-state index in [1.54, 1.807) is 0 Å². The molecule has 0 aromatic heterocycles. The number of carbonyl (C=O) groups is 4. The van der Waals surface area contributed by atoms with E-state index in [2.05, 4.69) is 55.4 Å². The maximum absolute atomic E-state index is 13.1. The Morgan fingerprint density at radius 2 is 0.412 bits per heavy atom. The van der Waals surface area contributed by atoms with Gasteiger partial charge in [0.2, 0.25) is 0 Å². The van der Waals surface area contributed by atoms with E-state index in [-0.39, 0.29) is 25.7 Å². The number of rotatable bonds is 80. The monoisotopic (exact) mass is 1490 g/mol. The zero-order chi connectivity index (χ0) is 75.3. The summed E-state index contributed by atoms with van der Waals surface area (Å²) < 4.78 is 68.8. The van der Waals surface area contributed by atoms with Crippen LogP contribution < -0.4 is 0 Å². The zero-order valence-corrected chi connectivity index (χ0v) is 69.0. The lowest BCUT2D eigenvalue weighted by atomic mass is 10.0. The van der Waals surface area contributed by atoms with Gasteiger partial charge in [-0.15, -0.1) is 0 Å². The SMILES string of the molecule is CC(C)CCCCCCCCCCCCCCCCCCCCC(=O)O[C@H](COC(=O)CCCCCCCCCCCCCCC(C)C)COP(=O)(O)OC[C@@H](O)COP(=O)(O)OC[C@@H](COC(=O)CCCCCCCCCCCCC(C)C)OC(=O)CCCCCCCCCCCCC(C)C. The van der Waals surface area contributed by atoms with E-state index in [1.807, 2.05) is 0 Å². The average molecular weight is 1490 g/mol. The van der Waals surface area contributed by atoms with Crippen molar-refractivity contribution in [1.82, 2.24) is 0 Å². The summed E-state index contributed by atoms with van der Waals surface area (Å²) in [6.45, 7) is 14.3. The summed E-state index contributed by atoms with van der Waals surface area (Å²) >= 11 is 0. The van der Waals surface area contributed by atoms with E-state index in [1.165, 1.54) is 231 Å². The van der Waals surface area contributed by atoms with E-state index in [0.717, 1.165) is 114 Å². The number of phosphoric acid groups is 2. The molecule has 0 saturated carbocycles. The second kappa shape index (κ2) is 72.0. The molecule has 5 atom stereocenters. The van der Waals surface area contributed by atoms with E-state index in [4.69, 9.17) is 37.0 Å². The first-order valence-corrected chi connectivity index (χ1v) is 45.7. The molecule has 0 aromatic rings. The highest BCUT2D eigenvalue weighted by Gasteiger charge is 2.30. The summed E-state index contributed by atoms with van der Waals surface area (Å²) in [6, 6.07) is 0. The van der Waals surface area contributed by atoms with Gasteiger partial charge in [0, 0.05) is 25.7 Å². The summed E-state index contributed by atoms with van der Waals surface area (Å²) in [4.78, 5) is 73.1. The molecule has 17 nitrogen and oxygen atoms in total. The van der Waals surface area contributed by atoms with Crippen LogP contribution in [0.3, 0.4) is 0 Å². The van der Waals surface area contributed by atoms with Gasteiger partial charge in [-0.1, -0.05) is 376 Å². The maximum Gasteiger partial charge on any atom is 0.472 e. The lowest BCUT2D eigenvalue weighted by molar-refractivity contribution is -0.161. The fourth-order valence-corrected chi connectivity index (χ4v) is 14.4. The van der Waals surface area contributed by atoms with Gasteiger partial charge in [-0.2, -0.15) is 0 Å². The summed E-state index contributed by atoms with van der Waals surface area (Å²) in [5.74, 6) is 1.00. The van der Waals surface area contributed by atoms with Crippen molar-refractivity contribution >= 4 is 39.5 Å². The number of hydrogen-bond donors (Lipinski definition) is 3. The van der Waals surface area contributed by atoms with Crippen molar-refractivity contribution in [2.24, 2.45) is 23.7 Å². The van der Waals surface area contributed by atoms with Crippen molar-refractivity contribution in [3.05, 3.63) is 0 Å². The Labute approximate surface area is 626 Å². The fraction of sp³-hybridized carbons (Fsp3) is 0.952. The number of ether oxygens (including phenoxy) is 4. The molecule has 0 amide bonds. The molecule has 0 aliphatic carbocycles. The molecular weight excluding hydrogens is 1330 g/mol. The van der Waals surface area contributed by atoms with Gasteiger partial charge in [0.25, 0.3) is 0 Å². The first-order chi connectivity index (χ1) is 49.1. The van der Waals surface area contributed by atoms with Crippen molar-refractivity contribution in [3.63, 3.8) is 0 Å². The Bertz CT molecular complexity index is 1990. The molecule has 0 heterocycles. The minimum atomic E-state index is -4.96. The first kappa shape index (κ1) is 100. The zero-order valence-electron chi connectivity index (χ0n) is 67.2. The van der Waals surface area contributed by atoms with Gasteiger partial charge in [-0.3, -0.25) is 37.3 Å². The van der Waals surface area contributed by atoms with Gasteiger partial charge in [0.05, 0.1) is 26.4 Å². The van der Waals surface area contributed by atoms with Crippen LogP contribution in [-0.2, 0) is 65.4 Å². The Kier molecular flexibility index (Phi) is 70.6. The standard InChI is InChI=1S/C83H162O17P2/c1-73(2)59-51-43-35-27-19-15-13-11-9-10-12-14-16-22-33-41-49-57-65-82(87)99-78(69-93-80(85)63-55-47-39-31-21-18-17-20-28-36-44-52-60-74(3)4)71-97-101(89,90)95-67-77(84)68-96-102(91,92)98-72-79(100-83(88)66-58-50-42-34-26-24-30-38-46-54-62-76(7)8)70-94-81(86)64-56-48-40-32-25-23-29-37-45-53-61-75(5)6/h73-79,84H,9-72H2,1-8H3,(H,89,90)(H,91,92)/t77-,78-,79-/m1/s1. The minimum Gasteiger partial charge on any atom is -0.462 e. The molecule has 0 radical (unpaired) electrons. The smallest absolute Gasteiger partial charge is 0.462 e. The van der Waals surface area contributed by atoms with Crippen molar-refractivity contribution in [3.8, 4) is 0 Å². The number of carbonyl (C=O) groups excluding carboxylic acids is 4. The van der Waals surface area contributed by atoms with Gasteiger partial charge in [-0.05, 0) is 49.4 Å². The second-order valence-electron chi connectivity index (χ2n) is 31.8. The molecule has 0 aliphatic heterocycles. The van der Waals surface area contributed by atoms with Crippen LogP contribution in [0.25, 0.3) is 0 Å². The Balaban J connectivity index is 5.25. The lowest BCUT2D eigenvalue weighted by Crippen LogP contribution is -2.30. The molecule has 102 heavy (non-hydrogen) atoms. The van der Waals surface area contributed by atoms with Crippen LogP contribution >= 0.6 is 15.6 Å². The third kappa shape index (κ3) is 76.3. The van der Waals surface area contributed by atoms with Crippen molar-refractivity contribution < 1.29 is 80.2 Å². The Morgan fingerprint density at radius 1 is 0.245 bits per heavy atom. The topological polar surface area (TPSA) is 237 Å². The predicted octanol–water partition coefficient (Wildman–Crippen LogP) is 24.8. The predicted molar refractivity (Wildman–Crippen MR) is 418 cm³/mol. The highest BCUT2D eigenvalue weighted by Crippen LogP contribution is 2.45.